The van der Waals surface area contributed by atoms with Gasteiger partial charge in [0.1, 0.15) is 10.4 Å². The van der Waals surface area contributed by atoms with Gasteiger partial charge in [-0.05, 0) is 46.1 Å². The number of hydrogen-bond donors (Lipinski definition) is 2. The number of nitrogens with zero attached hydrogens (tertiary/aromatic N) is 3. The van der Waals surface area contributed by atoms with Gasteiger partial charge in [-0.3, -0.25) is 13.9 Å². The fraction of sp³-hybridized carbons (Fsp3) is 0.636. The van der Waals surface area contributed by atoms with Crippen molar-refractivity contribution in [1.29, 1.82) is 0 Å². The van der Waals surface area contributed by atoms with Crippen LogP contribution in [0.25, 0.3) is 10.2 Å². The molecule has 3 rings (SSSR count). The lowest BCUT2D eigenvalue weighted by Gasteiger charge is -2.35. The monoisotopic (exact) mass is 511 g/mol. The number of hydrogen-bond acceptors (Lipinski definition) is 8. The van der Waals surface area contributed by atoms with Crippen molar-refractivity contribution in [3.05, 3.63) is 31.3 Å². The predicted molar refractivity (Wildman–Crippen MR) is 131 cm³/mol. The van der Waals surface area contributed by atoms with Gasteiger partial charge in [-0.1, -0.05) is 0 Å². The van der Waals surface area contributed by atoms with Gasteiger partial charge in [0.2, 0.25) is 0 Å². The summed E-state index contributed by atoms with van der Waals surface area (Å²) >= 11 is 1.19. The maximum absolute atomic E-state index is 13.5. The molecule has 3 N–H and O–H groups in total. The van der Waals surface area contributed by atoms with Crippen LogP contribution in [-0.4, -0.2) is 58.8 Å². The minimum atomic E-state index is -0.901. The molecule has 0 aromatic carbocycles. The Hall–Kier alpha value is -2.90. The number of carbonyl (C=O) groups is 2. The van der Waals surface area contributed by atoms with E-state index in [1.807, 2.05) is 0 Å². The summed E-state index contributed by atoms with van der Waals surface area (Å²) in [5.74, 6) is 0. The molecule has 0 atom stereocenters. The van der Waals surface area contributed by atoms with Gasteiger partial charge in [0.05, 0.1) is 31.2 Å². The van der Waals surface area contributed by atoms with E-state index in [1.54, 1.807) is 34.8 Å². The minimum absolute atomic E-state index is 0.0107. The standard InChI is InChI=1S/C22H33N5O7S/c1-12-15(11-26(19(23)29)24-20(30)34-22(2,3)4)35-18-16(12)17(28)27(13-9-14(10-13)33-6)21(31)25(18)7-8-32-5/h13-14H,7-11H2,1-6H3,(H2,23,29)(H,24,30). The van der Waals surface area contributed by atoms with Crippen LogP contribution in [-0.2, 0) is 27.3 Å². The van der Waals surface area contributed by atoms with Gasteiger partial charge in [0, 0.05) is 25.1 Å². The molecular weight excluding hydrogens is 478 g/mol. The fourth-order valence-electron chi connectivity index (χ4n) is 3.93. The average Bonchev–Trinajstić information content (AvgIpc) is 3.03. The third kappa shape index (κ3) is 5.68. The molecule has 13 heteroatoms. The average molecular weight is 512 g/mol. The number of primary amides is 1. The second-order valence-corrected chi connectivity index (χ2v) is 10.5. The SMILES string of the molecule is COCCn1c(=O)n(C2CC(OC)C2)c(=O)c2c(C)c(CN(NC(=O)OC(C)(C)C)C(N)=O)sc21. The zero-order valence-corrected chi connectivity index (χ0v) is 21.7. The Morgan fingerprint density at radius 3 is 2.43 bits per heavy atom. The fourth-order valence-corrected chi connectivity index (χ4v) is 5.24. The maximum atomic E-state index is 13.5. The molecular formula is C22H33N5O7S. The van der Waals surface area contributed by atoms with E-state index in [1.165, 1.54) is 27.6 Å². The number of hydrazine groups is 1. The number of aromatic nitrogens is 2. The van der Waals surface area contributed by atoms with Crippen molar-refractivity contribution in [2.45, 2.75) is 71.4 Å². The first-order valence-electron chi connectivity index (χ1n) is 11.2. The second kappa shape index (κ2) is 10.4. The number of urea groups is 1. The third-order valence-electron chi connectivity index (χ3n) is 5.82. The number of amides is 3. The molecule has 194 valence electrons. The highest BCUT2D eigenvalue weighted by atomic mass is 32.1. The first-order valence-corrected chi connectivity index (χ1v) is 12.0. The molecule has 0 spiro atoms. The number of methoxy groups -OCH3 is 2. The second-order valence-electron chi connectivity index (χ2n) is 9.45. The van der Waals surface area contributed by atoms with Gasteiger partial charge in [0.25, 0.3) is 5.56 Å². The molecule has 1 fully saturated rings. The van der Waals surface area contributed by atoms with Crippen LogP contribution in [0.5, 0.6) is 0 Å². The van der Waals surface area contributed by atoms with Crippen LogP contribution >= 0.6 is 11.3 Å². The van der Waals surface area contributed by atoms with Gasteiger partial charge in [-0.2, -0.15) is 0 Å². The van der Waals surface area contributed by atoms with Crippen molar-refractivity contribution >= 4 is 33.7 Å². The van der Waals surface area contributed by atoms with Crippen molar-refractivity contribution < 1.29 is 23.8 Å². The Balaban J connectivity index is 2.04. The van der Waals surface area contributed by atoms with Gasteiger partial charge in [-0.25, -0.2) is 24.8 Å². The van der Waals surface area contributed by atoms with E-state index in [9.17, 15) is 19.2 Å². The zero-order valence-electron chi connectivity index (χ0n) is 20.9. The maximum Gasteiger partial charge on any atom is 0.426 e. The zero-order chi connectivity index (χ0) is 26.1. The smallest absolute Gasteiger partial charge is 0.426 e. The van der Waals surface area contributed by atoms with Crippen LogP contribution in [0.4, 0.5) is 9.59 Å². The lowest BCUT2D eigenvalue weighted by Crippen LogP contribution is -2.49. The molecule has 1 aliphatic rings. The number of ether oxygens (including phenoxy) is 3. The lowest BCUT2D eigenvalue weighted by molar-refractivity contribution is 0.00357. The first-order chi connectivity index (χ1) is 16.4. The lowest BCUT2D eigenvalue weighted by atomic mass is 9.89. The molecule has 0 unspecified atom stereocenters. The number of thiophene rings is 1. The molecule has 0 saturated heterocycles. The Kier molecular flexibility index (Phi) is 7.92. The van der Waals surface area contributed by atoms with E-state index >= 15 is 0 Å². The molecule has 12 nitrogen and oxygen atoms in total. The summed E-state index contributed by atoms with van der Waals surface area (Å²) in [6, 6.07) is -1.15. The van der Waals surface area contributed by atoms with Crippen molar-refractivity contribution in [2.24, 2.45) is 5.73 Å². The molecule has 1 aliphatic carbocycles. The highest BCUT2D eigenvalue weighted by molar-refractivity contribution is 7.18. The van der Waals surface area contributed by atoms with Gasteiger partial charge < -0.3 is 19.9 Å². The first kappa shape index (κ1) is 26.7. The van der Waals surface area contributed by atoms with Gasteiger partial charge in [0.15, 0.2) is 0 Å². The van der Waals surface area contributed by atoms with Crippen molar-refractivity contribution in [2.75, 3.05) is 20.8 Å². The Morgan fingerprint density at radius 1 is 1.23 bits per heavy atom. The highest BCUT2D eigenvalue weighted by Crippen LogP contribution is 2.34. The summed E-state index contributed by atoms with van der Waals surface area (Å²) in [6.07, 6.45) is 0.322. The Labute approximate surface area is 206 Å². The van der Waals surface area contributed by atoms with E-state index in [0.29, 0.717) is 33.5 Å². The number of rotatable bonds is 7. The summed E-state index contributed by atoms with van der Waals surface area (Å²) in [5.41, 5.74) is 6.86. The van der Waals surface area contributed by atoms with Crippen LogP contribution in [0.3, 0.4) is 0 Å². The van der Waals surface area contributed by atoms with Crippen LogP contribution in [0.2, 0.25) is 0 Å². The van der Waals surface area contributed by atoms with Crippen molar-refractivity contribution in [1.82, 2.24) is 19.6 Å². The number of fused-ring (bicyclic) bond motifs is 1. The van der Waals surface area contributed by atoms with E-state index in [2.05, 4.69) is 5.43 Å². The van der Waals surface area contributed by atoms with Crippen LogP contribution in [0, 0.1) is 6.92 Å². The van der Waals surface area contributed by atoms with E-state index in [0.717, 1.165) is 5.01 Å². The van der Waals surface area contributed by atoms with E-state index in [-0.39, 0.29) is 37.4 Å². The summed E-state index contributed by atoms with van der Waals surface area (Å²) < 4.78 is 18.5. The molecule has 2 heterocycles. The van der Waals surface area contributed by atoms with Crippen molar-refractivity contribution in [3.63, 3.8) is 0 Å². The molecule has 0 aliphatic heterocycles. The van der Waals surface area contributed by atoms with Crippen LogP contribution < -0.4 is 22.4 Å². The minimum Gasteiger partial charge on any atom is -0.443 e. The summed E-state index contributed by atoms with van der Waals surface area (Å²) in [4.78, 5) is 52.1. The summed E-state index contributed by atoms with van der Waals surface area (Å²) in [6.45, 7) is 7.25. The number of aryl methyl sites for hydroxylation is 1. The summed E-state index contributed by atoms with van der Waals surface area (Å²) in [7, 11) is 3.14. The molecule has 0 bridgehead atoms. The van der Waals surface area contributed by atoms with E-state index < -0.39 is 23.4 Å². The predicted octanol–water partition coefficient (Wildman–Crippen LogP) is 1.85. The highest BCUT2D eigenvalue weighted by Gasteiger charge is 2.34. The molecule has 2 aromatic rings. The Morgan fingerprint density at radius 2 is 1.89 bits per heavy atom. The van der Waals surface area contributed by atoms with Gasteiger partial charge >= 0.3 is 17.8 Å². The van der Waals surface area contributed by atoms with E-state index in [4.69, 9.17) is 19.9 Å². The normalized spacial score (nSPS) is 17.8. The van der Waals surface area contributed by atoms with Gasteiger partial charge in [-0.15, -0.1) is 11.3 Å². The molecule has 0 radical (unpaired) electrons. The Bertz CT molecular complexity index is 1220. The molecule has 2 aromatic heterocycles. The number of nitrogens with one attached hydrogen (secondary N) is 1. The summed E-state index contributed by atoms with van der Waals surface area (Å²) in [5, 5.41) is 1.31. The molecule has 1 saturated carbocycles. The number of nitrogens with two attached hydrogens (primary N) is 1. The van der Waals surface area contributed by atoms with Crippen LogP contribution in [0.1, 0.15) is 50.1 Å². The molecule has 35 heavy (non-hydrogen) atoms. The quantitative estimate of drug-likeness (QED) is 0.539. The number of carbonyl (C=O) groups excluding carboxylic acids is 2. The topological polar surface area (TPSA) is 147 Å². The van der Waals surface area contributed by atoms with Crippen LogP contribution in [0.15, 0.2) is 9.59 Å². The van der Waals surface area contributed by atoms with Crippen molar-refractivity contribution in [3.8, 4) is 0 Å². The molecule has 3 amide bonds. The third-order valence-corrected chi connectivity index (χ3v) is 7.12. The largest absolute Gasteiger partial charge is 0.443 e.